The molecule has 1 atom stereocenters. The highest BCUT2D eigenvalue weighted by atomic mass is 16.5. The molecule has 0 spiro atoms. The Balaban J connectivity index is 2.11. The van der Waals surface area contributed by atoms with Gasteiger partial charge in [-0.25, -0.2) is 0 Å². The van der Waals surface area contributed by atoms with E-state index in [0.29, 0.717) is 0 Å². The normalized spacial score (nSPS) is 18.8. The lowest BCUT2D eigenvalue weighted by atomic mass is 10.0. The highest BCUT2D eigenvalue weighted by Gasteiger charge is 2.35. The molecule has 96 valence electrons. The van der Waals surface area contributed by atoms with Crippen LogP contribution in [0, 0.1) is 17.2 Å². The van der Waals surface area contributed by atoms with Crippen LogP contribution in [0.15, 0.2) is 42.3 Å². The van der Waals surface area contributed by atoms with Gasteiger partial charge < -0.3 is 4.74 Å². The van der Waals surface area contributed by atoms with Crippen molar-refractivity contribution in [1.82, 2.24) is 4.90 Å². The second kappa shape index (κ2) is 5.36. The number of ether oxygens (including phenoxy) is 1. The van der Waals surface area contributed by atoms with E-state index in [1.807, 2.05) is 30.3 Å². The van der Waals surface area contributed by atoms with Crippen molar-refractivity contribution in [2.24, 2.45) is 5.92 Å². The molecule has 0 saturated heterocycles. The molecule has 19 heavy (non-hydrogen) atoms. The fourth-order valence-corrected chi connectivity index (χ4v) is 1.71. The maximum absolute atomic E-state index is 11.8. The van der Waals surface area contributed by atoms with Gasteiger partial charge in [-0.3, -0.25) is 14.5 Å². The molecule has 0 bridgehead atoms. The number of ketones is 1. The summed E-state index contributed by atoms with van der Waals surface area (Å²) >= 11 is 0. The molecule has 5 nitrogen and oxygen atoms in total. The molecule has 0 saturated carbocycles. The summed E-state index contributed by atoms with van der Waals surface area (Å²) in [6.07, 6.45) is 1.19. The van der Waals surface area contributed by atoms with Crippen molar-refractivity contribution in [1.29, 1.82) is 5.26 Å². The topological polar surface area (TPSA) is 70.4 Å². The quantitative estimate of drug-likeness (QED) is 0.762. The molecule has 1 aliphatic heterocycles. The first-order valence-electron chi connectivity index (χ1n) is 5.73. The Kier molecular flexibility index (Phi) is 3.62. The molecule has 0 fully saturated rings. The Hall–Kier alpha value is -2.61. The molecule has 0 aromatic heterocycles. The van der Waals surface area contributed by atoms with Gasteiger partial charge in [0.05, 0.1) is 6.07 Å². The van der Waals surface area contributed by atoms with Crippen LogP contribution in [-0.2, 0) is 20.9 Å². The van der Waals surface area contributed by atoms with E-state index in [4.69, 9.17) is 10.00 Å². The molecular weight excluding hydrogens is 244 g/mol. The molecule has 1 unspecified atom stereocenters. The summed E-state index contributed by atoms with van der Waals surface area (Å²) in [6.45, 7) is 0.259. The number of benzene rings is 1. The van der Waals surface area contributed by atoms with E-state index in [2.05, 4.69) is 0 Å². The first kappa shape index (κ1) is 12.8. The fraction of sp³-hybridized carbons (Fsp3) is 0.214. The van der Waals surface area contributed by atoms with Crippen LogP contribution >= 0.6 is 0 Å². The number of rotatable bonds is 3. The largest absolute Gasteiger partial charge is 0.474 e. The van der Waals surface area contributed by atoms with Crippen LogP contribution in [0.25, 0.3) is 0 Å². The van der Waals surface area contributed by atoms with Gasteiger partial charge in [0, 0.05) is 13.1 Å². The Labute approximate surface area is 110 Å². The maximum atomic E-state index is 11.8. The van der Waals surface area contributed by atoms with Gasteiger partial charge in [-0.2, -0.15) is 5.26 Å². The van der Waals surface area contributed by atoms with Gasteiger partial charge in [-0.1, -0.05) is 30.3 Å². The number of allylic oxidation sites excluding steroid dienone is 1. The molecule has 1 aliphatic rings. The average molecular weight is 256 g/mol. The van der Waals surface area contributed by atoms with Crippen molar-refractivity contribution in [2.75, 3.05) is 7.05 Å². The Morgan fingerprint density at radius 2 is 2.00 bits per heavy atom. The average Bonchev–Trinajstić information content (AvgIpc) is 2.43. The number of carbonyl (C=O) groups excluding carboxylic acids is 2. The summed E-state index contributed by atoms with van der Waals surface area (Å²) in [6, 6.07) is 11.1. The Morgan fingerprint density at radius 3 is 2.63 bits per heavy atom. The van der Waals surface area contributed by atoms with E-state index in [0.717, 1.165) is 5.56 Å². The Morgan fingerprint density at radius 1 is 1.32 bits per heavy atom. The summed E-state index contributed by atoms with van der Waals surface area (Å²) < 4.78 is 5.45. The smallest absolute Gasteiger partial charge is 0.254 e. The summed E-state index contributed by atoms with van der Waals surface area (Å²) in [5, 5.41) is 8.76. The molecule has 0 aliphatic carbocycles. The predicted molar refractivity (Wildman–Crippen MR) is 66.2 cm³/mol. The van der Waals surface area contributed by atoms with Crippen molar-refractivity contribution in [3.8, 4) is 6.07 Å². The number of hydrogen-bond acceptors (Lipinski definition) is 4. The van der Waals surface area contributed by atoms with E-state index in [-0.39, 0.29) is 12.5 Å². The van der Waals surface area contributed by atoms with Gasteiger partial charge in [0.25, 0.3) is 5.91 Å². The maximum Gasteiger partial charge on any atom is 0.254 e. The highest BCUT2D eigenvalue weighted by Crippen LogP contribution is 2.18. The summed E-state index contributed by atoms with van der Waals surface area (Å²) in [5.74, 6) is -2.17. The first-order chi connectivity index (χ1) is 9.13. The van der Waals surface area contributed by atoms with Crippen LogP contribution in [0.5, 0.6) is 0 Å². The molecule has 2 rings (SSSR count). The summed E-state index contributed by atoms with van der Waals surface area (Å²) in [7, 11) is 1.48. The van der Waals surface area contributed by atoms with Crippen LogP contribution in [-0.4, -0.2) is 23.6 Å². The second-order valence-electron chi connectivity index (χ2n) is 4.12. The van der Waals surface area contributed by atoms with Gasteiger partial charge in [0.2, 0.25) is 0 Å². The van der Waals surface area contributed by atoms with Crippen molar-refractivity contribution >= 4 is 11.7 Å². The highest BCUT2D eigenvalue weighted by molar-refractivity contribution is 6.11. The third-order valence-electron chi connectivity index (χ3n) is 2.82. The van der Waals surface area contributed by atoms with Gasteiger partial charge in [0.15, 0.2) is 17.6 Å². The molecule has 0 N–H and O–H groups in total. The lowest BCUT2D eigenvalue weighted by Crippen LogP contribution is -2.40. The standard InChI is InChI=1S/C14H12N2O3/c1-16-13(7-12(17)11(8-15)14(16)18)19-9-10-5-3-2-4-6-10/h2-7,11H,9H2,1H3. The van der Waals surface area contributed by atoms with Crippen molar-refractivity contribution in [2.45, 2.75) is 6.61 Å². The minimum absolute atomic E-state index is 0.172. The lowest BCUT2D eigenvalue weighted by molar-refractivity contribution is -0.139. The second-order valence-corrected chi connectivity index (χ2v) is 4.12. The number of nitrogens with zero attached hydrogens (tertiary/aromatic N) is 2. The van der Waals surface area contributed by atoms with Gasteiger partial charge in [-0.05, 0) is 5.56 Å². The van der Waals surface area contributed by atoms with Crippen molar-refractivity contribution in [3.63, 3.8) is 0 Å². The van der Waals surface area contributed by atoms with Gasteiger partial charge in [0.1, 0.15) is 6.61 Å². The predicted octanol–water partition coefficient (Wildman–Crippen LogP) is 1.23. The number of nitriles is 1. The third kappa shape index (κ3) is 2.63. The summed E-state index contributed by atoms with van der Waals surface area (Å²) in [5.41, 5.74) is 0.930. The number of carbonyl (C=O) groups is 2. The number of amides is 1. The van der Waals surface area contributed by atoms with Crippen LogP contribution < -0.4 is 0 Å². The number of hydrogen-bond donors (Lipinski definition) is 0. The monoisotopic (exact) mass is 256 g/mol. The zero-order chi connectivity index (χ0) is 13.8. The summed E-state index contributed by atoms with van der Waals surface area (Å²) in [4.78, 5) is 24.5. The molecule has 1 amide bonds. The lowest BCUT2D eigenvalue weighted by Gasteiger charge is -2.25. The Bertz CT molecular complexity index is 572. The van der Waals surface area contributed by atoms with Crippen LogP contribution in [0.3, 0.4) is 0 Å². The van der Waals surface area contributed by atoms with Crippen LogP contribution in [0.2, 0.25) is 0 Å². The van der Waals surface area contributed by atoms with Crippen LogP contribution in [0.1, 0.15) is 5.56 Å². The van der Waals surface area contributed by atoms with E-state index in [1.165, 1.54) is 18.0 Å². The van der Waals surface area contributed by atoms with Crippen molar-refractivity contribution < 1.29 is 14.3 Å². The van der Waals surface area contributed by atoms with Gasteiger partial charge in [-0.15, -0.1) is 0 Å². The molecule has 1 aromatic rings. The van der Waals surface area contributed by atoms with E-state index in [9.17, 15) is 9.59 Å². The SMILES string of the molecule is CN1C(=O)C(C#N)C(=O)C=C1OCc1ccccc1. The van der Waals surface area contributed by atoms with Crippen LogP contribution in [0.4, 0.5) is 0 Å². The first-order valence-corrected chi connectivity index (χ1v) is 5.73. The molecule has 1 aromatic carbocycles. The minimum atomic E-state index is -1.26. The zero-order valence-electron chi connectivity index (χ0n) is 10.4. The molecule has 0 radical (unpaired) electrons. The van der Waals surface area contributed by atoms with E-state index < -0.39 is 17.6 Å². The third-order valence-corrected chi connectivity index (χ3v) is 2.82. The molecule has 5 heteroatoms. The molecular formula is C14H12N2O3. The zero-order valence-corrected chi connectivity index (χ0v) is 10.4. The van der Waals surface area contributed by atoms with Gasteiger partial charge >= 0.3 is 0 Å². The fourth-order valence-electron chi connectivity index (χ4n) is 1.71. The van der Waals surface area contributed by atoms with Crippen molar-refractivity contribution in [3.05, 3.63) is 47.9 Å². The van der Waals surface area contributed by atoms with E-state index >= 15 is 0 Å². The van der Waals surface area contributed by atoms with E-state index in [1.54, 1.807) is 6.07 Å². The molecule has 1 heterocycles. The minimum Gasteiger partial charge on any atom is -0.474 e.